The van der Waals surface area contributed by atoms with Crippen LogP contribution in [0.3, 0.4) is 0 Å². The predicted octanol–water partition coefficient (Wildman–Crippen LogP) is 4.40. The van der Waals surface area contributed by atoms with Crippen molar-refractivity contribution in [2.75, 3.05) is 5.32 Å². The third kappa shape index (κ3) is 2.61. The smallest absolute Gasteiger partial charge is 0.128 e. The Balaban J connectivity index is 2.29. The predicted molar refractivity (Wildman–Crippen MR) is 70.6 cm³/mol. The highest BCUT2D eigenvalue weighted by Crippen LogP contribution is 2.27. The van der Waals surface area contributed by atoms with Crippen molar-refractivity contribution >= 4 is 23.0 Å². The zero-order valence-electron chi connectivity index (χ0n) is 9.67. The van der Waals surface area contributed by atoms with Gasteiger partial charge in [0.15, 0.2) is 0 Å². The number of hydrogen-bond donors (Lipinski definition) is 1. The maximum atomic E-state index is 13.4. The minimum Gasteiger partial charge on any atom is -0.354 e. The fraction of sp³-hybridized carbons (Fsp3) is 0.0714. The fourth-order valence-corrected chi connectivity index (χ4v) is 1.74. The zero-order valence-corrected chi connectivity index (χ0v) is 10.4. The highest BCUT2D eigenvalue weighted by molar-refractivity contribution is 6.33. The van der Waals surface area contributed by atoms with E-state index in [0.717, 1.165) is 0 Å². The minimum absolute atomic E-state index is 0.273. The van der Waals surface area contributed by atoms with Gasteiger partial charge in [-0.15, -0.1) is 0 Å². The van der Waals surface area contributed by atoms with E-state index in [1.807, 2.05) is 6.07 Å². The first-order valence-corrected chi connectivity index (χ1v) is 5.71. The van der Waals surface area contributed by atoms with Crippen LogP contribution in [0.15, 0.2) is 36.4 Å². The summed E-state index contributed by atoms with van der Waals surface area (Å²) in [6.45, 7) is 1.70. The van der Waals surface area contributed by atoms with E-state index in [0.29, 0.717) is 27.5 Å². The van der Waals surface area contributed by atoms with Crippen LogP contribution in [0.5, 0.6) is 0 Å². The summed E-state index contributed by atoms with van der Waals surface area (Å²) in [4.78, 5) is 0. The van der Waals surface area contributed by atoms with Crippen molar-refractivity contribution in [2.24, 2.45) is 0 Å². The Labute approximate surface area is 110 Å². The van der Waals surface area contributed by atoms with Crippen molar-refractivity contribution in [1.29, 1.82) is 5.26 Å². The van der Waals surface area contributed by atoms with E-state index in [4.69, 9.17) is 16.9 Å². The molecule has 1 N–H and O–H groups in total. The summed E-state index contributed by atoms with van der Waals surface area (Å²) in [7, 11) is 0. The van der Waals surface area contributed by atoms with Gasteiger partial charge in [0.2, 0.25) is 0 Å². The summed E-state index contributed by atoms with van der Waals surface area (Å²) in [5.41, 5.74) is 2.33. The number of nitriles is 1. The molecular formula is C14H10ClFN2. The summed E-state index contributed by atoms with van der Waals surface area (Å²) < 4.78 is 13.4. The first-order valence-electron chi connectivity index (χ1n) is 5.33. The second kappa shape index (κ2) is 5.07. The first-order chi connectivity index (χ1) is 8.60. The van der Waals surface area contributed by atoms with Gasteiger partial charge in [-0.05, 0) is 42.8 Å². The highest BCUT2D eigenvalue weighted by Gasteiger charge is 2.04. The number of rotatable bonds is 2. The molecule has 4 heteroatoms. The van der Waals surface area contributed by atoms with E-state index in [-0.39, 0.29) is 5.82 Å². The first kappa shape index (κ1) is 12.4. The van der Waals surface area contributed by atoms with Gasteiger partial charge in [-0.25, -0.2) is 4.39 Å². The molecule has 2 rings (SSSR count). The van der Waals surface area contributed by atoms with Gasteiger partial charge in [0.05, 0.1) is 22.3 Å². The molecule has 2 nitrogen and oxygen atoms in total. The lowest BCUT2D eigenvalue weighted by Crippen LogP contribution is -1.93. The average molecular weight is 261 g/mol. The maximum Gasteiger partial charge on any atom is 0.128 e. The molecule has 90 valence electrons. The number of aryl methyl sites for hydroxylation is 1. The molecule has 0 spiro atoms. The van der Waals surface area contributed by atoms with E-state index in [1.54, 1.807) is 37.3 Å². The van der Waals surface area contributed by atoms with Crippen molar-refractivity contribution < 1.29 is 4.39 Å². The number of anilines is 2. The van der Waals surface area contributed by atoms with E-state index in [2.05, 4.69) is 5.32 Å². The van der Waals surface area contributed by atoms with Gasteiger partial charge < -0.3 is 5.32 Å². The summed E-state index contributed by atoms with van der Waals surface area (Å²) in [6, 6.07) is 11.8. The molecule has 0 aliphatic heterocycles. The lowest BCUT2D eigenvalue weighted by atomic mass is 10.2. The van der Waals surface area contributed by atoms with Crippen molar-refractivity contribution in [3.05, 3.63) is 58.4 Å². The molecule has 2 aromatic rings. The summed E-state index contributed by atoms with van der Waals surface area (Å²) >= 11 is 6.02. The van der Waals surface area contributed by atoms with Crippen LogP contribution in [0.2, 0.25) is 5.02 Å². The SMILES string of the molecule is Cc1ccc(Nc2ccc(C#N)cc2Cl)cc1F. The van der Waals surface area contributed by atoms with E-state index in [1.165, 1.54) is 6.07 Å². The molecule has 0 amide bonds. The largest absolute Gasteiger partial charge is 0.354 e. The summed E-state index contributed by atoms with van der Waals surface area (Å²) in [5, 5.41) is 12.2. The normalized spacial score (nSPS) is 9.89. The Morgan fingerprint density at radius 1 is 1.22 bits per heavy atom. The van der Waals surface area contributed by atoms with Gasteiger partial charge in [0.1, 0.15) is 5.82 Å². The molecule has 0 heterocycles. The lowest BCUT2D eigenvalue weighted by Gasteiger charge is -2.09. The second-order valence-corrected chi connectivity index (χ2v) is 4.30. The molecule has 0 saturated carbocycles. The van der Waals surface area contributed by atoms with Gasteiger partial charge in [0, 0.05) is 5.69 Å². The third-order valence-electron chi connectivity index (χ3n) is 2.55. The molecule has 0 unspecified atom stereocenters. The van der Waals surface area contributed by atoms with Crippen LogP contribution in [-0.2, 0) is 0 Å². The molecule has 0 radical (unpaired) electrons. The van der Waals surface area contributed by atoms with Gasteiger partial charge in [-0.1, -0.05) is 17.7 Å². The Bertz CT molecular complexity index is 632. The van der Waals surface area contributed by atoms with Crippen LogP contribution >= 0.6 is 11.6 Å². The molecule has 0 aliphatic rings. The van der Waals surface area contributed by atoms with Crippen molar-refractivity contribution in [3.8, 4) is 6.07 Å². The van der Waals surface area contributed by atoms with E-state index < -0.39 is 0 Å². The van der Waals surface area contributed by atoms with Crippen LogP contribution in [0, 0.1) is 24.1 Å². The fourth-order valence-electron chi connectivity index (χ4n) is 1.51. The topological polar surface area (TPSA) is 35.8 Å². The van der Waals surface area contributed by atoms with Crippen LogP contribution in [0.4, 0.5) is 15.8 Å². The Kier molecular flexibility index (Phi) is 3.50. The Hall–Kier alpha value is -2.05. The van der Waals surface area contributed by atoms with Crippen molar-refractivity contribution in [3.63, 3.8) is 0 Å². The molecule has 18 heavy (non-hydrogen) atoms. The number of nitrogens with one attached hydrogen (secondary N) is 1. The molecular weight excluding hydrogens is 251 g/mol. The van der Waals surface area contributed by atoms with Crippen LogP contribution < -0.4 is 5.32 Å². The quantitative estimate of drug-likeness (QED) is 0.869. The number of benzene rings is 2. The molecule has 0 aliphatic carbocycles. The lowest BCUT2D eigenvalue weighted by molar-refractivity contribution is 0.619. The Morgan fingerprint density at radius 2 is 2.00 bits per heavy atom. The maximum absolute atomic E-state index is 13.4. The van der Waals surface area contributed by atoms with Crippen LogP contribution in [0.25, 0.3) is 0 Å². The minimum atomic E-state index is -0.273. The summed E-state index contributed by atoms with van der Waals surface area (Å²) in [6.07, 6.45) is 0. The van der Waals surface area contributed by atoms with E-state index in [9.17, 15) is 4.39 Å². The highest BCUT2D eigenvalue weighted by atomic mass is 35.5. The van der Waals surface area contributed by atoms with Gasteiger partial charge in [-0.3, -0.25) is 0 Å². The monoisotopic (exact) mass is 260 g/mol. The zero-order chi connectivity index (χ0) is 13.1. The number of halogens is 2. The second-order valence-electron chi connectivity index (χ2n) is 3.90. The third-order valence-corrected chi connectivity index (χ3v) is 2.86. The van der Waals surface area contributed by atoms with Gasteiger partial charge in [-0.2, -0.15) is 5.26 Å². The molecule has 0 saturated heterocycles. The van der Waals surface area contributed by atoms with Crippen LogP contribution in [-0.4, -0.2) is 0 Å². The van der Waals surface area contributed by atoms with Gasteiger partial charge in [0.25, 0.3) is 0 Å². The molecule has 0 aromatic heterocycles. The molecule has 0 atom stereocenters. The Morgan fingerprint density at radius 3 is 2.61 bits per heavy atom. The van der Waals surface area contributed by atoms with Crippen LogP contribution in [0.1, 0.15) is 11.1 Å². The average Bonchev–Trinajstić information content (AvgIpc) is 2.36. The van der Waals surface area contributed by atoms with Crippen molar-refractivity contribution in [2.45, 2.75) is 6.92 Å². The summed E-state index contributed by atoms with van der Waals surface area (Å²) in [5.74, 6) is -0.273. The van der Waals surface area contributed by atoms with Crippen molar-refractivity contribution in [1.82, 2.24) is 0 Å². The molecule has 0 bridgehead atoms. The number of hydrogen-bond acceptors (Lipinski definition) is 2. The molecule has 2 aromatic carbocycles. The molecule has 0 fully saturated rings. The van der Waals surface area contributed by atoms with E-state index >= 15 is 0 Å². The number of nitrogens with zero attached hydrogens (tertiary/aromatic N) is 1. The van der Waals surface area contributed by atoms with Gasteiger partial charge >= 0.3 is 0 Å². The standard InChI is InChI=1S/C14H10ClFN2/c1-9-2-4-11(7-13(9)16)18-14-5-3-10(8-17)6-12(14)15/h2-7,18H,1H3.